The van der Waals surface area contributed by atoms with Gasteiger partial charge in [0.25, 0.3) is 0 Å². The van der Waals surface area contributed by atoms with Crippen LogP contribution in [0.25, 0.3) is 0 Å². The van der Waals surface area contributed by atoms with E-state index in [0.29, 0.717) is 34.5 Å². The van der Waals surface area contributed by atoms with Crippen molar-refractivity contribution in [3.05, 3.63) is 94.3 Å². The van der Waals surface area contributed by atoms with Crippen molar-refractivity contribution in [3.63, 3.8) is 0 Å². The molecule has 3 aromatic rings. The summed E-state index contributed by atoms with van der Waals surface area (Å²) in [6, 6.07) is 21.3. The molecule has 0 aliphatic carbocycles. The third-order valence-electron chi connectivity index (χ3n) is 5.08. The van der Waals surface area contributed by atoms with Crippen LogP contribution < -0.4 is 24.7 Å². The molecule has 0 amide bonds. The van der Waals surface area contributed by atoms with E-state index >= 15 is 0 Å². The second-order valence-corrected chi connectivity index (χ2v) is 7.79. The van der Waals surface area contributed by atoms with Crippen LogP contribution in [0.5, 0.6) is 23.0 Å². The minimum Gasteiger partial charge on any atom is -0.494 e. The quantitative estimate of drug-likeness (QED) is 0.380. The van der Waals surface area contributed by atoms with E-state index in [1.165, 1.54) is 0 Å². The number of halogens is 1. The maximum Gasteiger partial charge on any atom is 0.349 e. The Balaban J connectivity index is 1.56. The number of ether oxygens (including phenoxy) is 4. The molecule has 0 saturated heterocycles. The highest BCUT2D eigenvalue weighted by molar-refractivity contribution is 6.30. The Morgan fingerprint density at radius 2 is 1.82 bits per heavy atom. The minimum atomic E-state index is -0.599. The van der Waals surface area contributed by atoms with E-state index in [2.05, 4.69) is 6.07 Å². The molecular weight excluding hydrogens is 456 g/mol. The summed E-state index contributed by atoms with van der Waals surface area (Å²) in [5.41, 5.74) is 7.91. The Bertz CT molecular complexity index is 1300. The molecule has 8 heteroatoms. The van der Waals surface area contributed by atoms with E-state index in [4.69, 9.17) is 36.3 Å². The molecule has 0 fully saturated rings. The maximum absolute atomic E-state index is 12.3. The van der Waals surface area contributed by atoms with E-state index in [9.17, 15) is 10.1 Å². The van der Waals surface area contributed by atoms with Crippen LogP contribution in [0.2, 0.25) is 5.02 Å². The summed E-state index contributed by atoms with van der Waals surface area (Å²) in [7, 11) is 0. The SMILES string of the molecule is CCOc1cccc(C2C(C#N)=C(N)Oc3cc(OC(=O)COc4cccc(Cl)c4)ccc32)c1. The fraction of sp³-hybridized carbons (Fsp3) is 0.154. The van der Waals surface area contributed by atoms with Gasteiger partial charge >= 0.3 is 5.97 Å². The maximum atomic E-state index is 12.3. The lowest BCUT2D eigenvalue weighted by molar-refractivity contribution is -0.136. The number of allylic oxidation sites excluding steroid dienone is 1. The first kappa shape index (κ1) is 23.0. The Labute approximate surface area is 201 Å². The average molecular weight is 477 g/mol. The number of nitriles is 1. The number of rotatable bonds is 7. The molecule has 1 heterocycles. The number of nitrogens with two attached hydrogens (primary N) is 1. The molecule has 7 nitrogen and oxygen atoms in total. The fourth-order valence-corrected chi connectivity index (χ4v) is 3.83. The molecule has 0 bridgehead atoms. The minimum absolute atomic E-state index is 0.00502. The Morgan fingerprint density at radius 1 is 1.06 bits per heavy atom. The van der Waals surface area contributed by atoms with Crippen LogP contribution in [0.1, 0.15) is 24.0 Å². The van der Waals surface area contributed by atoms with Gasteiger partial charge in [-0.2, -0.15) is 5.26 Å². The molecule has 172 valence electrons. The lowest BCUT2D eigenvalue weighted by atomic mass is 9.83. The summed E-state index contributed by atoms with van der Waals surface area (Å²) in [6.07, 6.45) is 0. The second-order valence-electron chi connectivity index (χ2n) is 7.35. The smallest absolute Gasteiger partial charge is 0.349 e. The van der Waals surface area contributed by atoms with Gasteiger partial charge in [-0.05, 0) is 48.9 Å². The van der Waals surface area contributed by atoms with Gasteiger partial charge in [-0.15, -0.1) is 0 Å². The molecule has 0 saturated carbocycles. The Morgan fingerprint density at radius 3 is 2.56 bits per heavy atom. The summed E-state index contributed by atoms with van der Waals surface area (Å²) in [5.74, 6) is 0.738. The monoisotopic (exact) mass is 476 g/mol. The largest absolute Gasteiger partial charge is 0.494 e. The van der Waals surface area contributed by atoms with Crippen LogP contribution >= 0.6 is 11.6 Å². The molecule has 0 radical (unpaired) electrons. The topological polar surface area (TPSA) is 104 Å². The number of hydrogen-bond donors (Lipinski definition) is 1. The molecule has 1 aliphatic heterocycles. The van der Waals surface area contributed by atoms with Crippen LogP contribution in [-0.2, 0) is 4.79 Å². The number of carbonyl (C=O) groups is 1. The molecule has 1 atom stereocenters. The van der Waals surface area contributed by atoms with Crippen molar-refractivity contribution in [2.24, 2.45) is 5.73 Å². The zero-order valence-corrected chi connectivity index (χ0v) is 19.0. The first-order valence-corrected chi connectivity index (χ1v) is 10.9. The summed E-state index contributed by atoms with van der Waals surface area (Å²) in [5, 5.41) is 10.2. The zero-order valence-electron chi connectivity index (χ0n) is 18.3. The average Bonchev–Trinajstić information content (AvgIpc) is 2.82. The Hall–Kier alpha value is -4.15. The summed E-state index contributed by atoms with van der Waals surface area (Å²) in [6.45, 7) is 2.12. The standard InChI is InChI=1S/C26H21ClN2O5/c1-2-31-18-7-3-5-16(11-18)25-21-10-9-20(13-23(21)34-26(29)22(25)14-28)33-24(30)15-32-19-8-4-6-17(27)12-19/h3-13,25H,2,15,29H2,1H3. The summed E-state index contributed by atoms with van der Waals surface area (Å²) < 4.78 is 22.1. The van der Waals surface area contributed by atoms with Crippen molar-refractivity contribution in [2.45, 2.75) is 12.8 Å². The molecule has 34 heavy (non-hydrogen) atoms. The van der Waals surface area contributed by atoms with Crippen LogP contribution in [0, 0.1) is 11.3 Å². The van der Waals surface area contributed by atoms with Crippen molar-refractivity contribution in [1.82, 2.24) is 0 Å². The van der Waals surface area contributed by atoms with Crippen LogP contribution in [-0.4, -0.2) is 19.2 Å². The molecule has 1 unspecified atom stereocenters. The van der Waals surface area contributed by atoms with E-state index in [0.717, 1.165) is 11.1 Å². The fourth-order valence-electron chi connectivity index (χ4n) is 3.65. The van der Waals surface area contributed by atoms with Crippen molar-refractivity contribution < 1.29 is 23.7 Å². The number of fused-ring (bicyclic) bond motifs is 1. The third-order valence-corrected chi connectivity index (χ3v) is 5.31. The van der Waals surface area contributed by atoms with Gasteiger partial charge in [0.05, 0.1) is 12.5 Å². The van der Waals surface area contributed by atoms with Crippen molar-refractivity contribution in [3.8, 4) is 29.1 Å². The van der Waals surface area contributed by atoms with Gasteiger partial charge in [0.2, 0.25) is 5.88 Å². The molecule has 2 N–H and O–H groups in total. The molecule has 0 aromatic heterocycles. The van der Waals surface area contributed by atoms with E-state index in [1.807, 2.05) is 31.2 Å². The number of hydrogen-bond acceptors (Lipinski definition) is 7. The van der Waals surface area contributed by atoms with E-state index in [1.54, 1.807) is 42.5 Å². The molecule has 0 spiro atoms. The van der Waals surface area contributed by atoms with E-state index < -0.39 is 11.9 Å². The second kappa shape index (κ2) is 10.2. The van der Waals surface area contributed by atoms with Crippen molar-refractivity contribution in [1.29, 1.82) is 5.26 Å². The van der Waals surface area contributed by atoms with Crippen LogP contribution in [0.15, 0.2) is 78.2 Å². The normalized spacial score (nSPS) is 14.4. The molecule has 1 aliphatic rings. The predicted octanol–water partition coefficient (Wildman–Crippen LogP) is 4.94. The lowest BCUT2D eigenvalue weighted by Gasteiger charge is -2.27. The van der Waals surface area contributed by atoms with Gasteiger partial charge in [-0.25, -0.2) is 4.79 Å². The van der Waals surface area contributed by atoms with Gasteiger partial charge < -0.3 is 24.7 Å². The molecule has 3 aromatic carbocycles. The predicted molar refractivity (Wildman–Crippen MR) is 126 cm³/mol. The van der Waals surface area contributed by atoms with Crippen LogP contribution in [0.4, 0.5) is 0 Å². The molecule has 4 rings (SSSR count). The van der Waals surface area contributed by atoms with Crippen molar-refractivity contribution >= 4 is 17.6 Å². The van der Waals surface area contributed by atoms with Crippen LogP contribution in [0.3, 0.4) is 0 Å². The summed E-state index contributed by atoms with van der Waals surface area (Å²) in [4.78, 5) is 12.3. The van der Waals surface area contributed by atoms with Gasteiger partial charge in [0.15, 0.2) is 6.61 Å². The van der Waals surface area contributed by atoms with Gasteiger partial charge in [0.1, 0.15) is 34.6 Å². The van der Waals surface area contributed by atoms with E-state index in [-0.39, 0.29) is 18.2 Å². The van der Waals surface area contributed by atoms with Gasteiger partial charge in [-0.3, -0.25) is 0 Å². The van der Waals surface area contributed by atoms with Crippen molar-refractivity contribution in [2.75, 3.05) is 13.2 Å². The third kappa shape index (κ3) is 5.08. The number of benzene rings is 3. The lowest BCUT2D eigenvalue weighted by Crippen LogP contribution is -2.21. The first-order valence-electron chi connectivity index (χ1n) is 10.5. The first-order chi connectivity index (χ1) is 16.5. The zero-order chi connectivity index (χ0) is 24.1. The number of carbonyl (C=O) groups excluding carboxylic acids is 1. The van der Waals surface area contributed by atoms with Gasteiger partial charge in [0, 0.05) is 16.7 Å². The highest BCUT2D eigenvalue weighted by atomic mass is 35.5. The summed E-state index contributed by atoms with van der Waals surface area (Å²) >= 11 is 5.92. The van der Waals surface area contributed by atoms with Gasteiger partial charge in [-0.1, -0.05) is 35.9 Å². The highest BCUT2D eigenvalue weighted by Gasteiger charge is 2.31. The number of nitrogens with zero attached hydrogens (tertiary/aromatic N) is 1. The Kier molecular flexibility index (Phi) is 6.90. The molecular formula is C26H21ClN2O5. The highest BCUT2D eigenvalue weighted by Crippen LogP contribution is 2.44. The number of esters is 1.